The second-order valence-corrected chi connectivity index (χ2v) is 4.70. The molecule has 1 saturated carbocycles. The number of aliphatic carboxylic acids is 1. The van der Waals surface area contributed by atoms with Gasteiger partial charge in [0.05, 0.1) is 0 Å². The molecule has 1 aliphatic carbocycles. The fraction of sp³-hybridized carbons (Fsp3) is 0.500. The zero-order chi connectivity index (χ0) is 15.9. The third-order valence-electron chi connectivity index (χ3n) is 2.90. The first-order chi connectivity index (χ1) is 9.84. The van der Waals surface area contributed by atoms with Crippen molar-refractivity contribution >= 4 is 5.97 Å². The number of aliphatic hydroxyl groups is 1. The largest absolute Gasteiger partial charge is 0.490 e. The van der Waals surface area contributed by atoms with E-state index in [1.165, 1.54) is 24.0 Å². The number of aliphatic hydroxyl groups excluding tert-OH is 1. The SMILES string of the molecule is O=C(O)C(F)(F)F.OCCc1ccccc1CNC1CC1. The summed E-state index contributed by atoms with van der Waals surface area (Å²) < 4.78 is 31.7. The Morgan fingerprint density at radius 3 is 2.19 bits per heavy atom. The minimum absolute atomic E-state index is 0.237. The molecule has 4 nitrogen and oxygen atoms in total. The molecular formula is C14H18F3NO3. The predicted octanol–water partition coefficient (Wildman–Crippen LogP) is 2.11. The predicted molar refractivity (Wildman–Crippen MR) is 70.8 cm³/mol. The molecule has 0 unspecified atom stereocenters. The van der Waals surface area contributed by atoms with Crippen LogP contribution in [0, 0.1) is 0 Å². The molecular weight excluding hydrogens is 287 g/mol. The van der Waals surface area contributed by atoms with Gasteiger partial charge in [-0.3, -0.25) is 0 Å². The molecule has 118 valence electrons. The summed E-state index contributed by atoms with van der Waals surface area (Å²) >= 11 is 0. The van der Waals surface area contributed by atoms with E-state index in [0.717, 1.165) is 19.0 Å². The van der Waals surface area contributed by atoms with Crippen molar-refractivity contribution in [2.45, 2.75) is 38.0 Å². The number of hydrogen-bond donors (Lipinski definition) is 3. The molecule has 3 N–H and O–H groups in total. The number of hydrogen-bond acceptors (Lipinski definition) is 3. The van der Waals surface area contributed by atoms with Gasteiger partial charge in [0.15, 0.2) is 0 Å². The molecule has 21 heavy (non-hydrogen) atoms. The molecule has 0 radical (unpaired) electrons. The van der Waals surface area contributed by atoms with Gasteiger partial charge in [0.2, 0.25) is 0 Å². The first kappa shape index (κ1) is 17.5. The minimum atomic E-state index is -5.08. The van der Waals surface area contributed by atoms with Gasteiger partial charge in [-0.05, 0) is 30.4 Å². The Morgan fingerprint density at radius 2 is 1.76 bits per heavy atom. The second kappa shape index (κ2) is 7.99. The van der Waals surface area contributed by atoms with Crippen LogP contribution in [0.15, 0.2) is 24.3 Å². The van der Waals surface area contributed by atoms with Crippen molar-refractivity contribution in [3.8, 4) is 0 Å². The van der Waals surface area contributed by atoms with Crippen LogP contribution in [-0.2, 0) is 17.8 Å². The van der Waals surface area contributed by atoms with Crippen molar-refractivity contribution in [2.24, 2.45) is 0 Å². The molecule has 0 saturated heterocycles. The van der Waals surface area contributed by atoms with Crippen LogP contribution in [0.25, 0.3) is 0 Å². The molecule has 0 aromatic heterocycles. The van der Waals surface area contributed by atoms with Gasteiger partial charge in [0.1, 0.15) is 0 Å². The number of benzene rings is 1. The van der Waals surface area contributed by atoms with Crippen LogP contribution in [0.3, 0.4) is 0 Å². The number of halogens is 3. The van der Waals surface area contributed by atoms with E-state index in [1.54, 1.807) is 0 Å². The fourth-order valence-electron chi connectivity index (χ4n) is 1.64. The Labute approximate surface area is 120 Å². The molecule has 1 aliphatic rings. The summed E-state index contributed by atoms with van der Waals surface area (Å²) in [5.74, 6) is -2.76. The monoisotopic (exact) mass is 305 g/mol. The van der Waals surface area contributed by atoms with Crippen molar-refractivity contribution < 1.29 is 28.2 Å². The van der Waals surface area contributed by atoms with E-state index < -0.39 is 12.1 Å². The van der Waals surface area contributed by atoms with Gasteiger partial charge in [-0.2, -0.15) is 13.2 Å². The maximum Gasteiger partial charge on any atom is 0.490 e. The van der Waals surface area contributed by atoms with Crippen LogP contribution in [0.4, 0.5) is 13.2 Å². The number of carboxylic acids is 1. The average Bonchev–Trinajstić information content (AvgIpc) is 3.22. The van der Waals surface area contributed by atoms with Crippen molar-refractivity contribution in [2.75, 3.05) is 6.61 Å². The normalized spacial score (nSPS) is 14.3. The molecule has 1 aromatic carbocycles. The Balaban J connectivity index is 0.000000270. The van der Waals surface area contributed by atoms with Gasteiger partial charge in [0.25, 0.3) is 0 Å². The molecule has 7 heteroatoms. The number of nitrogens with one attached hydrogen (secondary N) is 1. The van der Waals surface area contributed by atoms with E-state index in [9.17, 15) is 13.2 Å². The van der Waals surface area contributed by atoms with Crippen LogP contribution >= 0.6 is 0 Å². The van der Waals surface area contributed by atoms with Gasteiger partial charge in [0, 0.05) is 19.2 Å². The van der Waals surface area contributed by atoms with Gasteiger partial charge in [-0.15, -0.1) is 0 Å². The minimum Gasteiger partial charge on any atom is -0.475 e. The summed E-state index contributed by atoms with van der Waals surface area (Å²) in [6.45, 7) is 1.18. The highest BCUT2D eigenvalue weighted by Gasteiger charge is 2.38. The molecule has 0 heterocycles. The van der Waals surface area contributed by atoms with Gasteiger partial charge < -0.3 is 15.5 Å². The van der Waals surface area contributed by atoms with Gasteiger partial charge >= 0.3 is 12.1 Å². The van der Waals surface area contributed by atoms with E-state index >= 15 is 0 Å². The highest BCUT2D eigenvalue weighted by molar-refractivity contribution is 5.73. The van der Waals surface area contributed by atoms with E-state index in [0.29, 0.717) is 0 Å². The number of alkyl halides is 3. The highest BCUT2D eigenvalue weighted by atomic mass is 19.4. The van der Waals surface area contributed by atoms with E-state index in [4.69, 9.17) is 15.0 Å². The standard InChI is InChI=1S/C12H17NO.C2HF3O2/c14-8-7-10-3-1-2-4-11(10)9-13-12-5-6-12;3-2(4,5)1(6)7/h1-4,12-14H,5-9H2;(H,6,7). The van der Waals surface area contributed by atoms with Gasteiger partial charge in [-0.25, -0.2) is 4.79 Å². The average molecular weight is 305 g/mol. The molecule has 0 amide bonds. The Hall–Kier alpha value is -1.60. The second-order valence-electron chi connectivity index (χ2n) is 4.70. The summed E-state index contributed by atoms with van der Waals surface area (Å²) in [7, 11) is 0. The van der Waals surface area contributed by atoms with E-state index in [1.807, 2.05) is 6.07 Å². The lowest BCUT2D eigenvalue weighted by atomic mass is 10.1. The summed E-state index contributed by atoms with van der Waals surface area (Å²) in [5.41, 5.74) is 2.59. The first-order valence-electron chi connectivity index (χ1n) is 6.55. The third-order valence-corrected chi connectivity index (χ3v) is 2.90. The summed E-state index contributed by atoms with van der Waals surface area (Å²) in [6, 6.07) is 9.08. The maximum atomic E-state index is 10.6. The lowest BCUT2D eigenvalue weighted by Gasteiger charge is -2.08. The molecule has 2 rings (SSSR count). The van der Waals surface area contributed by atoms with Crippen molar-refractivity contribution in [1.29, 1.82) is 0 Å². The third kappa shape index (κ3) is 7.10. The molecule has 0 aliphatic heterocycles. The van der Waals surface area contributed by atoms with Crippen LogP contribution < -0.4 is 5.32 Å². The molecule has 1 fully saturated rings. The molecule has 0 bridgehead atoms. The topological polar surface area (TPSA) is 69.6 Å². The molecule has 0 atom stereocenters. The van der Waals surface area contributed by atoms with Crippen LogP contribution in [0.2, 0.25) is 0 Å². The Bertz CT molecular complexity index is 459. The van der Waals surface area contributed by atoms with Crippen molar-refractivity contribution in [3.05, 3.63) is 35.4 Å². The number of rotatable bonds is 5. The van der Waals surface area contributed by atoms with Crippen molar-refractivity contribution in [1.82, 2.24) is 5.32 Å². The van der Waals surface area contributed by atoms with E-state index in [-0.39, 0.29) is 6.61 Å². The fourth-order valence-corrected chi connectivity index (χ4v) is 1.64. The zero-order valence-corrected chi connectivity index (χ0v) is 11.4. The Kier molecular flexibility index (Phi) is 6.64. The summed E-state index contributed by atoms with van der Waals surface area (Å²) in [4.78, 5) is 8.90. The Morgan fingerprint density at radius 1 is 1.24 bits per heavy atom. The summed E-state index contributed by atoms with van der Waals surface area (Å²) in [6.07, 6.45) is -1.67. The maximum absolute atomic E-state index is 10.6. The van der Waals surface area contributed by atoms with Crippen molar-refractivity contribution in [3.63, 3.8) is 0 Å². The molecule has 0 spiro atoms. The smallest absolute Gasteiger partial charge is 0.475 e. The van der Waals surface area contributed by atoms with Crippen LogP contribution in [0.1, 0.15) is 24.0 Å². The number of carboxylic acid groups (broad SMARTS) is 1. The quantitative estimate of drug-likeness (QED) is 0.779. The van der Waals surface area contributed by atoms with Crippen LogP contribution in [0.5, 0.6) is 0 Å². The number of carbonyl (C=O) groups is 1. The molecule has 1 aromatic rings. The highest BCUT2D eigenvalue weighted by Crippen LogP contribution is 2.20. The zero-order valence-electron chi connectivity index (χ0n) is 11.4. The lowest BCUT2D eigenvalue weighted by Crippen LogP contribution is -2.21. The van der Waals surface area contributed by atoms with Gasteiger partial charge in [-0.1, -0.05) is 24.3 Å². The summed E-state index contributed by atoms with van der Waals surface area (Å²) in [5, 5.41) is 19.5. The van der Waals surface area contributed by atoms with Crippen LogP contribution in [-0.4, -0.2) is 35.0 Å². The lowest BCUT2D eigenvalue weighted by molar-refractivity contribution is -0.192. The van der Waals surface area contributed by atoms with E-state index in [2.05, 4.69) is 23.5 Å². The first-order valence-corrected chi connectivity index (χ1v) is 6.55.